The zero-order valence-electron chi connectivity index (χ0n) is 23.0. The molecule has 1 heterocycles. The summed E-state index contributed by atoms with van der Waals surface area (Å²) in [5.41, 5.74) is 3.60. The van der Waals surface area contributed by atoms with E-state index in [4.69, 9.17) is 4.74 Å². The SMILES string of the molecule is COC(=O)C1(Cc2ccccc2)CC(=O)N1C[C@H](Cc1ccccc1)N(Cc1ccccc1)Cc1ccccc1. The van der Waals surface area contributed by atoms with Crippen molar-refractivity contribution in [2.45, 2.75) is 43.9 Å². The van der Waals surface area contributed by atoms with Gasteiger partial charge in [0.2, 0.25) is 5.91 Å². The van der Waals surface area contributed by atoms with E-state index in [0.717, 1.165) is 25.1 Å². The molecule has 40 heavy (non-hydrogen) atoms. The van der Waals surface area contributed by atoms with Gasteiger partial charge in [-0.1, -0.05) is 121 Å². The third kappa shape index (κ3) is 6.32. The van der Waals surface area contributed by atoms with Crippen molar-refractivity contribution in [3.05, 3.63) is 144 Å². The van der Waals surface area contributed by atoms with E-state index < -0.39 is 5.54 Å². The number of β-lactam (4-membered cyclic amide) rings is 1. The summed E-state index contributed by atoms with van der Waals surface area (Å²) in [7, 11) is 1.41. The molecule has 4 aromatic carbocycles. The molecule has 1 aliphatic rings. The average Bonchev–Trinajstić information content (AvgIpc) is 3.00. The van der Waals surface area contributed by atoms with Crippen LogP contribution in [0, 0.1) is 0 Å². The van der Waals surface area contributed by atoms with E-state index in [-0.39, 0.29) is 24.3 Å². The van der Waals surface area contributed by atoms with Crippen LogP contribution in [0.5, 0.6) is 0 Å². The van der Waals surface area contributed by atoms with Gasteiger partial charge in [-0.3, -0.25) is 9.69 Å². The van der Waals surface area contributed by atoms with Crippen molar-refractivity contribution < 1.29 is 14.3 Å². The Morgan fingerprint density at radius 3 is 1.65 bits per heavy atom. The van der Waals surface area contributed by atoms with E-state index in [1.807, 2.05) is 60.7 Å². The first-order chi connectivity index (χ1) is 19.6. The Hall–Kier alpha value is -4.22. The van der Waals surface area contributed by atoms with Gasteiger partial charge in [-0.15, -0.1) is 0 Å². The predicted molar refractivity (Wildman–Crippen MR) is 157 cm³/mol. The summed E-state index contributed by atoms with van der Waals surface area (Å²) in [4.78, 5) is 30.8. The summed E-state index contributed by atoms with van der Waals surface area (Å²) in [5, 5.41) is 0. The maximum atomic E-state index is 13.3. The predicted octanol–water partition coefficient (Wildman–Crippen LogP) is 5.69. The number of methoxy groups -OCH3 is 1. The minimum absolute atomic E-state index is 0.0150. The minimum atomic E-state index is -1.01. The van der Waals surface area contributed by atoms with E-state index in [0.29, 0.717) is 13.0 Å². The van der Waals surface area contributed by atoms with Gasteiger partial charge in [-0.25, -0.2) is 4.79 Å². The fourth-order valence-electron chi connectivity index (χ4n) is 5.76. The van der Waals surface area contributed by atoms with Gasteiger partial charge < -0.3 is 9.64 Å². The van der Waals surface area contributed by atoms with Crippen LogP contribution >= 0.6 is 0 Å². The molecule has 0 aromatic heterocycles. The monoisotopic (exact) mass is 532 g/mol. The highest BCUT2D eigenvalue weighted by Crippen LogP contribution is 2.38. The topological polar surface area (TPSA) is 49.9 Å². The zero-order valence-corrected chi connectivity index (χ0v) is 23.0. The number of likely N-dealkylation sites (tertiary alicyclic amines) is 1. The lowest BCUT2D eigenvalue weighted by atomic mass is 9.77. The van der Waals surface area contributed by atoms with Gasteiger partial charge in [0.15, 0.2) is 5.54 Å². The van der Waals surface area contributed by atoms with E-state index in [1.165, 1.54) is 23.8 Å². The first-order valence-corrected chi connectivity index (χ1v) is 13.9. The number of esters is 1. The summed E-state index contributed by atoms with van der Waals surface area (Å²) in [6, 6.07) is 41.1. The number of ether oxygens (including phenoxy) is 1. The summed E-state index contributed by atoms with van der Waals surface area (Å²) >= 11 is 0. The number of carbonyl (C=O) groups excluding carboxylic acids is 2. The van der Waals surface area contributed by atoms with Crippen LogP contribution in [0.2, 0.25) is 0 Å². The molecule has 1 unspecified atom stereocenters. The van der Waals surface area contributed by atoms with E-state index in [9.17, 15) is 9.59 Å². The molecule has 0 bridgehead atoms. The van der Waals surface area contributed by atoms with E-state index in [2.05, 4.69) is 65.6 Å². The molecule has 5 heteroatoms. The maximum Gasteiger partial charge on any atom is 0.332 e. The van der Waals surface area contributed by atoms with Gasteiger partial charge in [0, 0.05) is 32.1 Å². The highest BCUT2D eigenvalue weighted by atomic mass is 16.5. The summed E-state index contributed by atoms with van der Waals surface area (Å²) in [6.45, 7) is 1.87. The van der Waals surface area contributed by atoms with Gasteiger partial charge in [-0.05, 0) is 28.7 Å². The molecule has 0 radical (unpaired) electrons. The molecule has 0 spiro atoms. The van der Waals surface area contributed by atoms with Gasteiger partial charge in [0.25, 0.3) is 0 Å². The summed E-state index contributed by atoms with van der Waals surface area (Å²) in [5.74, 6) is -0.370. The summed E-state index contributed by atoms with van der Waals surface area (Å²) < 4.78 is 5.31. The molecule has 5 rings (SSSR count). The second-order valence-corrected chi connectivity index (χ2v) is 10.6. The maximum absolute atomic E-state index is 13.3. The Morgan fingerprint density at radius 2 is 1.20 bits per heavy atom. The van der Waals surface area contributed by atoms with Crippen molar-refractivity contribution >= 4 is 11.9 Å². The number of rotatable bonds is 12. The van der Waals surface area contributed by atoms with Crippen LogP contribution in [0.3, 0.4) is 0 Å². The zero-order chi connectivity index (χ0) is 27.8. The summed E-state index contributed by atoms with van der Waals surface area (Å²) in [6.07, 6.45) is 1.33. The number of amides is 1. The molecule has 0 saturated carbocycles. The lowest BCUT2D eigenvalue weighted by molar-refractivity contribution is -0.179. The molecule has 2 atom stereocenters. The lowest BCUT2D eigenvalue weighted by Crippen LogP contribution is -2.71. The molecule has 204 valence electrons. The molecule has 1 amide bonds. The second-order valence-electron chi connectivity index (χ2n) is 10.6. The van der Waals surface area contributed by atoms with E-state index >= 15 is 0 Å². The highest BCUT2D eigenvalue weighted by Gasteiger charge is 2.57. The number of nitrogens with zero attached hydrogens (tertiary/aromatic N) is 2. The Balaban J connectivity index is 1.50. The van der Waals surface area contributed by atoms with Crippen LogP contribution in [0.15, 0.2) is 121 Å². The first-order valence-electron chi connectivity index (χ1n) is 13.9. The molecule has 1 saturated heterocycles. The van der Waals surface area contributed by atoms with Crippen molar-refractivity contribution in [3.8, 4) is 0 Å². The Kier molecular flexibility index (Phi) is 8.72. The second kappa shape index (κ2) is 12.8. The van der Waals surface area contributed by atoms with Gasteiger partial charge >= 0.3 is 5.97 Å². The van der Waals surface area contributed by atoms with Gasteiger partial charge in [0.1, 0.15) is 0 Å². The van der Waals surface area contributed by atoms with Crippen LogP contribution in [-0.2, 0) is 40.3 Å². The van der Waals surface area contributed by atoms with Gasteiger partial charge in [-0.2, -0.15) is 0 Å². The van der Waals surface area contributed by atoms with Crippen molar-refractivity contribution in [3.63, 3.8) is 0 Å². The average molecular weight is 533 g/mol. The van der Waals surface area contributed by atoms with Crippen LogP contribution in [0.1, 0.15) is 28.7 Å². The van der Waals surface area contributed by atoms with Crippen molar-refractivity contribution in [2.75, 3.05) is 13.7 Å². The highest BCUT2D eigenvalue weighted by molar-refractivity contribution is 5.99. The quantitative estimate of drug-likeness (QED) is 0.174. The largest absolute Gasteiger partial charge is 0.467 e. The first kappa shape index (κ1) is 27.4. The number of hydrogen-bond acceptors (Lipinski definition) is 4. The molecule has 5 nitrogen and oxygen atoms in total. The number of hydrogen-bond donors (Lipinski definition) is 0. The molecule has 1 fully saturated rings. The molecular weight excluding hydrogens is 496 g/mol. The van der Waals surface area contributed by atoms with Crippen LogP contribution in [0.4, 0.5) is 0 Å². The van der Waals surface area contributed by atoms with Crippen LogP contribution < -0.4 is 0 Å². The van der Waals surface area contributed by atoms with Crippen molar-refractivity contribution in [2.24, 2.45) is 0 Å². The van der Waals surface area contributed by atoms with Crippen molar-refractivity contribution in [1.82, 2.24) is 9.80 Å². The Bertz CT molecular complexity index is 1340. The Morgan fingerprint density at radius 1 is 0.750 bits per heavy atom. The van der Waals surface area contributed by atoms with E-state index in [1.54, 1.807) is 4.90 Å². The molecule has 1 aliphatic heterocycles. The smallest absolute Gasteiger partial charge is 0.332 e. The van der Waals surface area contributed by atoms with Crippen LogP contribution in [0.25, 0.3) is 0 Å². The molecule has 0 aliphatic carbocycles. The fourth-order valence-corrected chi connectivity index (χ4v) is 5.76. The standard InChI is InChI=1S/C35H36N2O3/c1-40-34(39)35(23-29-16-8-3-9-17-29)24-33(38)37(35)27-32(22-28-14-6-2-7-15-28)36(25-30-18-10-4-11-19-30)26-31-20-12-5-13-21-31/h2-21,32H,22-27H2,1H3/t32-,35?/m0/s1. The number of benzene rings is 4. The molecule has 0 N–H and O–H groups in total. The number of carbonyl (C=O) groups is 2. The van der Waals surface area contributed by atoms with Crippen molar-refractivity contribution in [1.29, 1.82) is 0 Å². The Labute approximate surface area is 237 Å². The lowest BCUT2D eigenvalue weighted by Gasteiger charge is -2.52. The normalized spacial score (nSPS) is 17.4. The fraction of sp³-hybridized carbons (Fsp3) is 0.257. The minimum Gasteiger partial charge on any atom is -0.467 e. The van der Waals surface area contributed by atoms with Crippen LogP contribution in [-0.4, -0.2) is 46.9 Å². The third-order valence-corrected chi connectivity index (χ3v) is 7.85. The molecular formula is C35H36N2O3. The molecule has 4 aromatic rings. The third-order valence-electron chi connectivity index (χ3n) is 7.85. The van der Waals surface area contributed by atoms with Gasteiger partial charge in [0.05, 0.1) is 13.5 Å².